The summed E-state index contributed by atoms with van der Waals surface area (Å²) in [6, 6.07) is 15.2. The summed E-state index contributed by atoms with van der Waals surface area (Å²) in [5.41, 5.74) is 1.47. The van der Waals surface area contributed by atoms with Gasteiger partial charge in [0.1, 0.15) is 5.67 Å². The number of nitrogens with zero attached hydrogens (tertiary/aromatic N) is 3. The van der Waals surface area contributed by atoms with Crippen molar-refractivity contribution in [3.63, 3.8) is 0 Å². The molecule has 0 unspecified atom stereocenters. The van der Waals surface area contributed by atoms with Crippen molar-refractivity contribution in [1.29, 1.82) is 0 Å². The molecule has 4 bridgehead atoms. The van der Waals surface area contributed by atoms with E-state index in [4.69, 9.17) is 9.51 Å². The molecular formula is C34H39FN4O4S. The van der Waals surface area contributed by atoms with Crippen LogP contribution in [-0.4, -0.2) is 42.9 Å². The van der Waals surface area contributed by atoms with E-state index in [1.165, 1.54) is 0 Å². The fourth-order valence-corrected chi connectivity index (χ4v) is 9.08. The number of fused-ring (bicyclic) bond motifs is 3. The predicted molar refractivity (Wildman–Crippen MR) is 166 cm³/mol. The number of sulfonamides is 1. The molecular weight excluding hydrogens is 579 g/mol. The third kappa shape index (κ3) is 4.58. The van der Waals surface area contributed by atoms with Crippen molar-refractivity contribution in [3.05, 3.63) is 60.2 Å². The molecule has 7 saturated carbocycles. The molecule has 7 fully saturated rings. The van der Waals surface area contributed by atoms with E-state index in [1.807, 2.05) is 41.3 Å². The van der Waals surface area contributed by atoms with Crippen LogP contribution in [0.5, 0.6) is 0 Å². The van der Waals surface area contributed by atoms with Crippen molar-refractivity contribution in [3.8, 4) is 11.1 Å². The van der Waals surface area contributed by atoms with Gasteiger partial charge in [0.2, 0.25) is 21.8 Å². The number of hydrogen-bond donors (Lipinski definition) is 1. The summed E-state index contributed by atoms with van der Waals surface area (Å²) in [6.07, 6.45) is 10.3. The number of hydrogen-bond acceptors (Lipinski definition) is 6. The minimum Gasteiger partial charge on any atom is -0.339 e. The lowest BCUT2D eigenvalue weighted by Crippen LogP contribution is -2.71. The second kappa shape index (κ2) is 9.14. The van der Waals surface area contributed by atoms with Crippen molar-refractivity contribution in [2.24, 2.45) is 10.8 Å². The second-order valence-electron chi connectivity index (χ2n) is 15.1. The van der Waals surface area contributed by atoms with Crippen LogP contribution in [-0.2, 0) is 25.6 Å². The monoisotopic (exact) mass is 618 g/mol. The van der Waals surface area contributed by atoms with Crippen LogP contribution in [0.25, 0.3) is 11.1 Å². The molecule has 0 spiro atoms. The Hall–Kier alpha value is -3.27. The number of alkyl halides is 1. The van der Waals surface area contributed by atoms with Gasteiger partial charge in [-0.1, -0.05) is 36.3 Å². The summed E-state index contributed by atoms with van der Waals surface area (Å²) >= 11 is 0. The Morgan fingerprint density at radius 3 is 2.20 bits per heavy atom. The average molecular weight is 619 g/mol. The molecule has 3 aromatic rings. The first kappa shape index (κ1) is 28.2. The maximum atomic E-state index is 14.6. The highest BCUT2D eigenvalue weighted by atomic mass is 32.2. The van der Waals surface area contributed by atoms with E-state index in [1.54, 1.807) is 12.1 Å². The number of anilines is 2. The van der Waals surface area contributed by atoms with Crippen LogP contribution in [0.2, 0.25) is 0 Å². The molecule has 7 aliphatic carbocycles. The fourth-order valence-electron chi connectivity index (χ4n) is 8.51. The first-order chi connectivity index (χ1) is 20.8. The molecule has 8 nitrogen and oxygen atoms in total. The van der Waals surface area contributed by atoms with Crippen LogP contribution in [0.4, 0.5) is 15.8 Å². The van der Waals surface area contributed by atoms with E-state index < -0.39 is 21.1 Å². The van der Waals surface area contributed by atoms with Gasteiger partial charge in [0, 0.05) is 28.7 Å². The van der Waals surface area contributed by atoms with Gasteiger partial charge in [-0.25, -0.2) is 12.8 Å². The van der Waals surface area contributed by atoms with Crippen LogP contribution in [0.3, 0.4) is 0 Å². The lowest BCUT2D eigenvalue weighted by Gasteiger charge is -2.65. The maximum absolute atomic E-state index is 14.6. The fraction of sp³-hybridized carbons (Fsp3) is 0.559. The maximum Gasteiger partial charge on any atom is 0.233 e. The quantitative estimate of drug-likeness (QED) is 0.287. The summed E-state index contributed by atoms with van der Waals surface area (Å²) in [4.78, 5) is 21.1. The number of rotatable bonds is 9. The Morgan fingerprint density at radius 2 is 1.61 bits per heavy atom. The number of carbonyl (C=O) groups excluding carboxylic acids is 1. The zero-order valence-corrected chi connectivity index (χ0v) is 26.2. The Labute approximate surface area is 257 Å². The molecule has 44 heavy (non-hydrogen) atoms. The first-order valence-corrected chi connectivity index (χ1v) is 17.7. The molecule has 1 amide bonds. The molecule has 10 heteroatoms. The normalized spacial score (nSPS) is 32.8. The smallest absolute Gasteiger partial charge is 0.233 e. The van der Waals surface area contributed by atoms with E-state index in [0.717, 1.165) is 86.2 Å². The van der Waals surface area contributed by atoms with Gasteiger partial charge in [0.25, 0.3) is 0 Å². The number of halogens is 1. The average Bonchev–Trinajstić information content (AvgIpc) is 3.51. The van der Waals surface area contributed by atoms with Gasteiger partial charge in [-0.05, 0) is 111 Å². The van der Waals surface area contributed by atoms with Gasteiger partial charge < -0.3 is 9.42 Å². The van der Waals surface area contributed by atoms with Crippen molar-refractivity contribution >= 4 is 27.3 Å². The molecule has 0 aliphatic heterocycles. The highest BCUT2D eigenvalue weighted by molar-refractivity contribution is 7.92. The first-order valence-electron chi connectivity index (χ1n) is 15.9. The highest BCUT2D eigenvalue weighted by Gasteiger charge is 2.73. The number of aromatic nitrogens is 2. The van der Waals surface area contributed by atoms with Crippen molar-refractivity contribution in [1.82, 2.24) is 10.1 Å². The topological polar surface area (TPSA) is 105 Å². The predicted octanol–water partition coefficient (Wildman–Crippen LogP) is 6.68. The Bertz CT molecular complexity index is 1720. The summed E-state index contributed by atoms with van der Waals surface area (Å²) in [6.45, 7) is 2.82. The Kier molecular flexibility index (Phi) is 5.86. The SMILES string of the molecule is CC1(c2nc(C34CCC(CN(C(=O)C56CC(F)(C5)C6)c5cccc(-c6ccc(NS(C)(=O)=O)cc6)c5)(CC3)CC4)no2)CC1. The highest BCUT2D eigenvalue weighted by Crippen LogP contribution is 2.70. The third-order valence-corrected chi connectivity index (χ3v) is 12.3. The van der Waals surface area contributed by atoms with Crippen molar-refractivity contribution in [2.45, 2.75) is 94.1 Å². The molecule has 1 heterocycles. The van der Waals surface area contributed by atoms with Crippen molar-refractivity contribution < 1.29 is 22.1 Å². The van der Waals surface area contributed by atoms with E-state index >= 15 is 0 Å². The van der Waals surface area contributed by atoms with Crippen LogP contribution in [0.15, 0.2) is 53.1 Å². The minimum atomic E-state index is -3.37. The zero-order chi connectivity index (χ0) is 30.6. The number of carbonyl (C=O) groups is 1. The van der Waals surface area contributed by atoms with E-state index in [0.29, 0.717) is 31.5 Å². The molecule has 0 saturated heterocycles. The van der Waals surface area contributed by atoms with Crippen LogP contribution >= 0.6 is 0 Å². The Morgan fingerprint density at radius 1 is 0.955 bits per heavy atom. The standard InChI is InChI=1S/C34H39FN4O4S/c1-30(10-11-30)28-36-27(37-43-28)32-15-12-31(13-16-32,14-17-32)22-39(29(40)33-19-34(35,20-33)21-33)26-5-3-4-24(18-26)23-6-8-25(9-7-23)38-44(2,41)42/h3-9,18,38H,10-17,19-22H2,1-2H3. The second-order valence-corrected chi connectivity index (χ2v) is 16.9. The molecule has 7 aliphatic rings. The van der Waals surface area contributed by atoms with Gasteiger partial charge in [-0.2, -0.15) is 4.98 Å². The molecule has 232 valence electrons. The van der Waals surface area contributed by atoms with E-state index in [-0.39, 0.29) is 22.2 Å². The Balaban J connectivity index is 1.05. The third-order valence-electron chi connectivity index (χ3n) is 11.7. The summed E-state index contributed by atoms with van der Waals surface area (Å²) in [5.74, 6) is 1.71. The van der Waals surface area contributed by atoms with Crippen LogP contribution < -0.4 is 9.62 Å². The minimum absolute atomic E-state index is 0.00164. The van der Waals surface area contributed by atoms with Gasteiger partial charge >= 0.3 is 0 Å². The van der Waals surface area contributed by atoms with Crippen LogP contribution in [0, 0.1) is 10.8 Å². The number of benzene rings is 2. The molecule has 1 aromatic heterocycles. The van der Waals surface area contributed by atoms with Gasteiger partial charge in [0.05, 0.1) is 11.7 Å². The summed E-state index contributed by atoms with van der Waals surface area (Å²) in [7, 11) is -3.37. The van der Waals surface area contributed by atoms with E-state index in [9.17, 15) is 17.6 Å². The number of nitrogens with one attached hydrogen (secondary N) is 1. The van der Waals surface area contributed by atoms with Crippen LogP contribution in [0.1, 0.15) is 89.3 Å². The van der Waals surface area contributed by atoms with E-state index in [2.05, 4.69) is 16.8 Å². The molecule has 10 rings (SSSR count). The molecule has 1 N–H and O–H groups in total. The lowest BCUT2D eigenvalue weighted by molar-refractivity contribution is -0.211. The largest absolute Gasteiger partial charge is 0.339 e. The summed E-state index contributed by atoms with van der Waals surface area (Å²) in [5, 5.41) is 4.48. The van der Waals surface area contributed by atoms with Gasteiger partial charge in [0.15, 0.2) is 5.82 Å². The van der Waals surface area contributed by atoms with Crippen molar-refractivity contribution in [2.75, 3.05) is 22.4 Å². The van der Waals surface area contributed by atoms with Gasteiger partial charge in [-0.3, -0.25) is 9.52 Å². The summed E-state index contributed by atoms with van der Waals surface area (Å²) < 4.78 is 46.1. The molecule has 2 aromatic carbocycles. The zero-order valence-electron chi connectivity index (χ0n) is 25.4. The lowest BCUT2D eigenvalue weighted by atomic mass is 9.41. The number of amides is 1. The molecule has 0 radical (unpaired) electrons. The molecule has 0 atom stereocenters. The van der Waals surface area contributed by atoms with Gasteiger partial charge in [-0.15, -0.1) is 0 Å².